The minimum atomic E-state index is -0.262. The van der Waals surface area contributed by atoms with Gasteiger partial charge in [-0.05, 0) is 43.2 Å². The Morgan fingerprint density at radius 2 is 2.05 bits per heavy atom. The SMILES string of the molecule is Cc1ccc(C)c(NC(=O)c2cccc3c2OCC(=O)N3)c1. The van der Waals surface area contributed by atoms with Crippen molar-refractivity contribution in [2.24, 2.45) is 0 Å². The van der Waals surface area contributed by atoms with E-state index in [4.69, 9.17) is 4.74 Å². The number of carbonyl (C=O) groups is 2. The molecule has 0 spiro atoms. The molecule has 0 saturated carbocycles. The van der Waals surface area contributed by atoms with Crippen molar-refractivity contribution in [3.05, 3.63) is 53.1 Å². The molecule has 0 radical (unpaired) electrons. The first-order chi connectivity index (χ1) is 10.5. The first-order valence-electron chi connectivity index (χ1n) is 6.99. The van der Waals surface area contributed by atoms with E-state index < -0.39 is 0 Å². The van der Waals surface area contributed by atoms with E-state index >= 15 is 0 Å². The highest BCUT2D eigenvalue weighted by Crippen LogP contribution is 2.32. The summed E-state index contributed by atoms with van der Waals surface area (Å²) < 4.78 is 5.41. The molecule has 1 aliphatic heterocycles. The number of hydrogen-bond donors (Lipinski definition) is 2. The van der Waals surface area contributed by atoms with E-state index in [2.05, 4.69) is 10.6 Å². The summed E-state index contributed by atoms with van der Waals surface area (Å²) in [5, 5.41) is 5.59. The van der Waals surface area contributed by atoms with Crippen molar-refractivity contribution in [2.45, 2.75) is 13.8 Å². The number of rotatable bonds is 2. The van der Waals surface area contributed by atoms with E-state index in [-0.39, 0.29) is 18.4 Å². The van der Waals surface area contributed by atoms with Gasteiger partial charge in [-0.3, -0.25) is 9.59 Å². The molecule has 5 heteroatoms. The van der Waals surface area contributed by atoms with Crippen LogP contribution in [0.1, 0.15) is 21.5 Å². The third kappa shape index (κ3) is 2.65. The van der Waals surface area contributed by atoms with E-state index in [1.165, 1.54) is 0 Å². The molecule has 0 aliphatic carbocycles. The summed E-state index contributed by atoms with van der Waals surface area (Å²) in [6.45, 7) is 3.82. The minimum Gasteiger partial charge on any atom is -0.481 e. The predicted octanol–water partition coefficient (Wildman–Crippen LogP) is 2.89. The molecule has 2 aromatic carbocycles. The van der Waals surface area contributed by atoms with Crippen LogP contribution in [-0.2, 0) is 4.79 Å². The van der Waals surface area contributed by atoms with Crippen molar-refractivity contribution >= 4 is 23.2 Å². The number of ether oxygens (including phenoxy) is 1. The topological polar surface area (TPSA) is 67.4 Å². The molecule has 3 rings (SSSR count). The average Bonchev–Trinajstić information content (AvgIpc) is 2.50. The highest BCUT2D eigenvalue weighted by atomic mass is 16.5. The Morgan fingerprint density at radius 1 is 1.23 bits per heavy atom. The number of benzene rings is 2. The van der Waals surface area contributed by atoms with Crippen molar-refractivity contribution in [2.75, 3.05) is 17.2 Å². The Labute approximate surface area is 128 Å². The number of nitrogens with one attached hydrogen (secondary N) is 2. The van der Waals surface area contributed by atoms with Gasteiger partial charge in [0.05, 0.1) is 11.3 Å². The molecular weight excluding hydrogens is 280 g/mol. The molecular formula is C17H16N2O3. The normalized spacial score (nSPS) is 12.9. The number of amides is 2. The van der Waals surface area contributed by atoms with Gasteiger partial charge in [-0.1, -0.05) is 18.2 Å². The van der Waals surface area contributed by atoms with Crippen LogP contribution in [0.5, 0.6) is 5.75 Å². The zero-order valence-electron chi connectivity index (χ0n) is 12.4. The Morgan fingerprint density at radius 3 is 2.86 bits per heavy atom. The average molecular weight is 296 g/mol. The van der Waals surface area contributed by atoms with Gasteiger partial charge >= 0.3 is 0 Å². The third-order valence-corrected chi connectivity index (χ3v) is 3.52. The van der Waals surface area contributed by atoms with E-state index in [1.807, 2.05) is 32.0 Å². The molecule has 0 unspecified atom stereocenters. The monoisotopic (exact) mass is 296 g/mol. The smallest absolute Gasteiger partial charge is 0.262 e. The third-order valence-electron chi connectivity index (χ3n) is 3.52. The van der Waals surface area contributed by atoms with Gasteiger partial charge in [0.2, 0.25) is 0 Å². The van der Waals surface area contributed by atoms with E-state index in [9.17, 15) is 9.59 Å². The number of anilines is 2. The van der Waals surface area contributed by atoms with Gasteiger partial charge in [0.25, 0.3) is 11.8 Å². The van der Waals surface area contributed by atoms with E-state index in [0.29, 0.717) is 17.0 Å². The van der Waals surface area contributed by atoms with Crippen molar-refractivity contribution in [3.63, 3.8) is 0 Å². The van der Waals surface area contributed by atoms with Gasteiger partial charge in [-0.25, -0.2) is 0 Å². The molecule has 0 saturated heterocycles. The second-order valence-corrected chi connectivity index (χ2v) is 5.29. The molecule has 112 valence electrons. The highest BCUT2D eigenvalue weighted by Gasteiger charge is 2.22. The molecule has 2 aromatic rings. The maximum atomic E-state index is 12.5. The molecule has 1 heterocycles. The Balaban J connectivity index is 1.91. The fourth-order valence-electron chi connectivity index (χ4n) is 2.35. The van der Waals surface area contributed by atoms with Crippen LogP contribution in [0.2, 0.25) is 0 Å². The maximum Gasteiger partial charge on any atom is 0.262 e. The number of aryl methyl sites for hydroxylation is 2. The summed E-state index contributed by atoms with van der Waals surface area (Å²) in [6, 6.07) is 11.0. The lowest BCUT2D eigenvalue weighted by Gasteiger charge is -2.20. The summed E-state index contributed by atoms with van der Waals surface area (Å²) >= 11 is 0. The van der Waals surface area contributed by atoms with Crippen molar-refractivity contribution in [1.82, 2.24) is 0 Å². The Bertz CT molecular complexity index is 768. The van der Waals surface area contributed by atoms with Crippen molar-refractivity contribution in [1.29, 1.82) is 0 Å². The highest BCUT2D eigenvalue weighted by molar-refractivity contribution is 6.09. The molecule has 1 aliphatic rings. The zero-order valence-corrected chi connectivity index (χ0v) is 12.4. The fourth-order valence-corrected chi connectivity index (χ4v) is 2.35. The summed E-state index contributed by atoms with van der Waals surface area (Å²) in [4.78, 5) is 23.9. The van der Waals surface area contributed by atoms with Gasteiger partial charge in [0.15, 0.2) is 12.4 Å². The van der Waals surface area contributed by atoms with Gasteiger partial charge < -0.3 is 15.4 Å². The Kier molecular flexibility index (Phi) is 3.55. The van der Waals surface area contributed by atoms with Gasteiger partial charge in [0.1, 0.15) is 0 Å². The molecule has 0 bridgehead atoms. The molecule has 2 N–H and O–H groups in total. The fraction of sp³-hybridized carbons (Fsp3) is 0.176. The quantitative estimate of drug-likeness (QED) is 0.895. The lowest BCUT2D eigenvalue weighted by Crippen LogP contribution is -2.27. The van der Waals surface area contributed by atoms with E-state index in [0.717, 1.165) is 16.8 Å². The standard InChI is InChI=1S/C17H16N2O3/c1-10-6-7-11(2)14(8-10)19-17(21)12-4-3-5-13-16(12)22-9-15(20)18-13/h3-8H,9H2,1-2H3,(H,18,20)(H,19,21). The molecule has 5 nitrogen and oxygen atoms in total. The van der Waals surface area contributed by atoms with Crippen LogP contribution in [0.25, 0.3) is 0 Å². The van der Waals surface area contributed by atoms with Gasteiger partial charge in [-0.15, -0.1) is 0 Å². The van der Waals surface area contributed by atoms with Gasteiger partial charge in [0, 0.05) is 5.69 Å². The zero-order chi connectivity index (χ0) is 15.7. The molecule has 0 fully saturated rings. The van der Waals surface area contributed by atoms with Crippen LogP contribution in [0.15, 0.2) is 36.4 Å². The summed E-state index contributed by atoms with van der Waals surface area (Å²) in [5.74, 6) is -0.0776. The molecule has 0 aromatic heterocycles. The van der Waals surface area contributed by atoms with Crippen molar-refractivity contribution < 1.29 is 14.3 Å². The molecule has 2 amide bonds. The maximum absolute atomic E-state index is 12.5. The second kappa shape index (κ2) is 5.52. The van der Waals surface area contributed by atoms with E-state index in [1.54, 1.807) is 18.2 Å². The predicted molar refractivity (Wildman–Crippen MR) is 84.4 cm³/mol. The first kappa shape index (κ1) is 14.1. The van der Waals surface area contributed by atoms with Crippen LogP contribution in [0.3, 0.4) is 0 Å². The van der Waals surface area contributed by atoms with Crippen LogP contribution in [-0.4, -0.2) is 18.4 Å². The number of hydrogen-bond acceptors (Lipinski definition) is 3. The summed E-state index contributed by atoms with van der Waals surface area (Å²) in [5.41, 5.74) is 3.74. The number of para-hydroxylation sites is 1. The molecule has 22 heavy (non-hydrogen) atoms. The van der Waals surface area contributed by atoms with Crippen LogP contribution in [0.4, 0.5) is 11.4 Å². The second-order valence-electron chi connectivity index (χ2n) is 5.29. The lowest BCUT2D eigenvalue weighted by molar-refractivity contribution is -0.118. The van der Waals surface area contributed by atoms with Crippen LogP contribution >= 0.6 is 0 Å². The number of fused-ring (bicyclic) bond motifs is 1. The summed E-state index contributed by atoms with van der Waals surface area (Å²) in [7, 11) is 0. The Hall–Kier alpha value is -2.82. The first-order valence-corrected chi connectivity index (χ1v) is 6.99. The molecule has 0 atom stereocenters. The van der Waals surface area contributed by atoms with Crippen LogP contribution < -0.4 is 15.4 Å². The minimum absolute atomic E-state index is 0.0826. The van der Waals surface area contributed by atoms with Crippen molar-refractivity contribution in [3.8, 4) is 5.75 Å². The van der Waals surface area contributed by atoms with Gasteiger partial charge in [-0.2, -0.15) is 0 Å². The lowest BCUT2D eigenvalue weighted by atomic mass is 10.1. The summed E-state index contributed by atoms with van der Waals surface area (Å²) in [6.07, 6.45) is 0. The largest absolute Gasteiger partial charge is 0.481 e. The number of carbonyl (C=O) groups excluding carboxylic acids is 2. The van der Waals surface area contributed by atoms with Crippen LogP contribution in [0, 0.1) is 13.8 Å².